The average molecular weight is 327 g/mol. The third-order valence-corrected chi connectivity index (χ3v) is 6.94. The van der Waals surface area contributed by atoms with Crippen LogP contribution in [0.2, 0.25) is 0 Å². The molecule has 0 N–H and O–H groups in total. The van der Waals surface area contributed by atoms with Crippen molar-refractivity contribution in [1.29, 1.82) is 0 Å². The van der Waals surface area contributed by atoms with Crippen molar-refractivity contribution < 1.29 is 18.8 Å². The molecule has 0 aromatic carbocycles. The summed E-state index contributed by atoms with van der Waals surface area (Å²) in [5.74, 6) is 0. The van der Waals surface area contributed by atoms with Gasteiger partial charge in [0.1, 0.15) is 13.2 Å². The standard InChI is InChI=1S/C9H13BrNO3S2/c10-9-7(13-5-6-14-9)15-8(16-9)11-1-3-12-4-2-11/h7H,1-6H2/q+1/t7-,9-/m1/s1. The molecule has 0 bridgehead atoms. The van der Waals surface area contributed by atoms with E-state index in [2.05, 4.69) is 20.5 Å². The fourth-order valence-electron chi connectivity index (χ4n) is 1.81. The molecule has 0 amide bonds. The summed E-state index contributed by atoms with van der Waals surface area (Å²) in [4.78, 5) is 0. The Morgan fingerprint density at radius 1 is 1.25 bits per heavy atom. The number of alkyl halides is 1. The van der Waals surface area contributed by atoms with Crippen LogP contribution in [0.25, 0.3) is 0 Å². The van der Waals surface area contributed by atoms with Gasteiger partial charge in [0.2, 0.25) is 3.84 Å². The second-order valence-corrected chi connectivity index (χ2v) is 7.93. The van der Waals surface area contributed by atoms with Crippen molar-refractivity contribution in [3.05, 3.63) is 0 Å². The molecular weight excluding hydrogens is 314 g/mol. The van der Waals surface area contributed by atoms with Crippen LogP contribution in [0, 0.1) is 0 Å². The highest BCUT2D eigenvalue weighted by Crippen LogP contribution is 2.54. The number of halogens is 1. The molecule has 3 fully saturated rings. The van der Waals surface area contributed by atoms with E-state index in [9.17, 15) is 0 Å². The van der Waals surface area contributed by atoms with E-state index in [-0.39, 0.29) is 9.28 Å². The smallest absolute Gasteiger partial charge is 0.276 e. The first-order valence-corrected chi connectivity index (χ1v) is 7.77. The van der Waals surface area contributed by atoms with E-state index in [0.717, 1.165) is 26.3 Å². The third-order valence-electron chi connectivity index (χ3n) is 2.64. The zero-order valence-electron chi connectivity index (χ0n) is 8.69. The quantitative estimate of drug-likeness (QED) is 0.494. The van der Waals surface area contributed by atoms with Gasteiger partial charge in [0, 0.05) is 11.8 Å². The van der Waals surface area contributed by atoms with Crippen LogP contribution in [-0.4, -0.2) is 57.7 Å². The summed E-state index contributed by atoms with van der Waals surface area (Å²) in [6.45, 7) is 4.89. The van der Waals surface area contributed by atoms with E-state index in [4.69, 9.17) is 14.2 Å². The van der Waals surface area contributed by atoms with Gasteiger partial charge in [-0.1, -0.05) is 0 Å². The largest absolute Gasteiger partial charge is 0.368 e. The molecule has 2 atom stereocenters. The SMILES string of the molecule is Br[C@@]12OCCO[C@@H]1SC(=[N+]1CCOCC1)S2. The zero-order chi connectivity index (χ0) is 11.0. The first-order chi connectivity index (χ1) is 7.78. The molecule has 0 aromatic heterocycles. The molecule has 16 heavy (non-hydrogen) atoms. The van der Waals surface area contributed by atoms with Crippen molar-refractivity contribution in [2.45, 2.75) is 9.28 Å². The molecule has 0 radical (unpaired) electrons. The Morgan fingerprint density at radius 2 is 2.06 bits per heavy atom. The third kappa shape index (κ3) is 2.18. The molecular formula is C9H13BrNO3S2+. The lowest BCUT2D eigenvalue weighted by atomic mass is 10.5. The van der Waals surface area contributed by atoms with Crippen LogP contribution in [0.4, 0.5) is 0 Å². The van der Waals surface area contributed by atoms with Crippen molar-refractivity contribution >= 4 is 43.8 Å². The summed E-state index contributed by atoms with van der Waals surface area (Å²) in [5.41, 5.74) is 0.0593. The van der Waals surface area contributed by atoms with Gasteiger partial charge in [-0.3, -0.25) is 0 Å². The maximum Gasteiger partial charge on any atom is 0.276 e. The number of fused-ring (bicyclic) bond motifs is 1. The number of morpholine rings is 1. The van der Waals surface area contributed by atoms with Gasteiger partial charge in [0.05, 0.1) is 13.2 Å². The fourth-order valence-corrected chi connectivity index (χ4v) is 6.02. The summed E-state index contributed by atoms with van der Waals surface area (Å²) in [5, 5.41) is 0. The number of ether oxygens (including phenoxy) is 3. The molecule has 7 heteroatoms. The van der Waals surface area contributed by atoms with Crippen molar-refractivity contribution in [1.82, 2.24) is 0 Å². The molecule has 0 spiro atoms. The van der Waals surface area contributed by atoms with Crippen LogP contribution in [0.15, 0.2) is 0 Å². The minimum Gasteiger partial charge on any atom is -0.368 e. The lowest BCUT2D eigenvalue weighted by Gasteiger charge is -2.30. The number of nitrogens with zero attached hydrogens (tertiary/aromatic N) is 1. The van der Waals surface area contributed by atoms with E-state index in [1.807, 2.05) is 0 Å². The van der Waals surface area contributed by atoms with E-state index in [0.29, 0.717) is 13.2 Å². The van der Waals surface area contributed by atoms with Crippen molar-refractivity contribution in [2.75, 3.05) is 39.5 Å². The highest BCUT2D eigenvalue weighted by atomic mass is 79.9. The molecule has 3 aliphatic heterocycles. The Balaban J connectivity index is 1.79. The lowest BCUT2D eigenvalue weighted by Crippen LogP contribution is -2.38. The second kappa shape index (κ2) is 4.78. The van der Waals surface area contributed by atoms with Crippen LogP contribution in [0.1, 0.15) is 0 Å². The van der Waals surface area contributed by atoms with E-state index in [1.54, 1.807) is 23.5 Å². The molecule has 90 valence electrons. The first-order valence-electron chi connectivity index (χ1n) is 5.28. The van der Waals surface area contributed by atoms with E-state index >= 15 is 0 Å². The van der Waals surface area contributed by atoms with Crippen LogP contribution < -0.4 is 0 Å². The zero-order valence-corrected chi connectivity index (χ0v) is 11.9. The monoisotopic (exact) mass is 326 g/mol. The maximum atomic E-state index is 5.77. The number of rotatable bonds is 0. The van der Waals surface area contributed by atoms with Crippen molar-refractivity contribution in [3.8, 4) is 0 Å². The molecule has 3 rings (SSSR count). The maximum absolute atomic E-state index is 5.77. The summed E-state index contributed by atoms with van der Waals surface area (Å²) in [6.07, 6.45) is 0. The summed E-state index contributed by atoms with van der Waals surface area (Å²) < 4.78 is 20.1. The van der Waals surface area contributed by atoms with Gasteiger partial charge in [0.25, 0.3) is 4.38 Å². The fraction of sp³-hybridized carbons (Fsp3) is 0.889. The summed E-state index contributed by atoms with van der Waals surface area (Å²) in [6, 6.07) is 0. The van der Waals surface area contributed by atoms with Crippen molar-refractivity contribution in [3.63, 3.8) is 0 Å². The molecule has 4 nitrogen and oxygen atoms in total. The van der Waals surface area contributed by atoms with E-state index < -0.39 is 0 Å². The van der Waals surface area contributed by atoms with Crippen LogP contribution in [0.5, 0.6) is 0 Å². The number of hydrogen-bond acceptors (Lipinski definition) is 5. The highest BCUT2D eigenvalue weighted by molar-refractivity contribution is 9.12. The van der Waals surface area contributed by atoms with Gasteiger partial charge < -0.3 is 14.2 Å². The predicted molar refractivity (Wildman–Crippen MR) is 68.4 cm³/mol. The topological polar surface area (TPSA) is 30.7 Å². The van der Waals surface area contributed by atoms with Gasteiger partial charge in [-0.15, -0.1) is 0 Å². The van der Waals surface area contributed by atoms with Crippen LogP contribution in [0.3, 0.4) is 0 Å². The molecule has 3 saturated heterocycles. The molecule has 0 saturated carbocycles. The van der Waals surface area contributed by atoms with Gasteiger partial charge in [-0.2, -0.15) is 0 Å². The normalized spacial score (nSPS) is 39.9. The summed E-state index contributed by atoms with van der Waals surface area (Å²) >= 11 is 7.12. The predicted octanol–water partition coefficient (Wildman–Crippen LogP) is 1.29. The molecule has 3 heterocycles. The highest BCUT2D eigenvalue weighted by Gasteiger charge is 2.53. The molecule has 0 aliphatic carbocycles. The Hall–Kier alpha value is 0.730. The Bertz CT molecular complexity index is 320. The van der Waals surface area contributed by atoms with Crippen molar-refractivity contribution in [2.24, 2.45) is 0 Å². The molecule has 0 unspecified atom stereocenters. The average Bonchev–Trinajstić information content (AvgIpc) is 2.67. The Kier molecular flexibility index (Phi) is 3.52. The van der Waals surface area contributed by atoms with Gasteiger partial charge in [-0.05, 0) is 27.7 Å². The second-order valence-electron chi connectivity index (χ2n) is 3.72. The molecule has 3 aliphatic rings. The number of hydrogen-bond donors (Lipinski definition) is 0. The number of thioether (sulfide) groups is 2. The van der Waals surface area contributed by atoms with E-state index in [1.165, 1.54) is 4.38 Å². The first kappa shape index (κ1) is 11.8. The van der Waals surface area contributed by atoms with Gasteiger partial charge >= 0.3 is 0 Å². The minimum absolute atomic E-state index is 0.0593. The Morgan fingerprint density at radius 3 is 2.81 bits per heavy atom. The lowest BCUT2D eigenvalue weighted by molar-refractivity contribution is -0.544. The summed E-state index contributed by atoms with van der Waals surface area (Å²) in [7, 11) is 0. The minimum atomic E-state index is -0.385. The molecule has 0 aromatic rings. The van der Waals surface area contributed by atoms with Gasteiger partial charge in [-0.25, -0.2) is 4.58 Å². The van der Waals surface area contributed by atoms with Gasteiger partial charge in [0.15, 0.2) is 18.5 Å². The Labute approximate surface area is 111 Å². The van der Waals surface area contributed by atoms with Crippen LogP contribution in [-0.2, 0) is 14.2 Å². The van der Waals surface area contributed by atoms with Crippen LogP contribution >= 0.6 is 39.5 Å².